The highest BCUT2D eigenvalue weighted by Gasteiger charge is 2.34. The monoisotopic (exact) mass is 433 g/mol. The minimum absolute atomic E-state index is 0.0110. The van der Waals surface area contributed by atoms with Gasteiger partial charge in [-0.2, -0.15) is 4.31 Å². The van der Waals surface area contributed by atoms with Gasteiger partial charge in [0.1, 0.15) is 10.6 Å². The molecule has 0 bridgehead atoms. The van der Waals surface area contributed by atoms with Gasteiger partial charge in [0.05, 0.1) is 6.61 Å². The molecule has 1 fully saturated rings. The number of ether oxygens (including phenoxy) is 1. The van der Waals surface area contributed by atoms with Crippen molar-refractivity contribution >= 4 is 27.5 Å². The number of ketones is 1. The smallest absolute Gasteiger partial charge is 0.355 e. The number of aromatic amines is 1. The van der Waals surface area contributed by atoms with Gasteiger partial charge in [0.15, 0.2) is 5.78 Å². The quantitative estimate of drug-likeness (QED) is 0.555. The molecule has 30 heavy (non-hydrogen) atoms. The normalized spacial score (nSPS) is 15.3. The number of H-pyrrole nitrogens is 1. The van der Waals surface area contributed by atoms with Crippen molar-refractivity contribution in [2.75, 3.05) is 37.7 Å². The average Bonchev–Trinajstić information content (AvgIpc) is 3.03. The van der Waals surface area contributed by atoms with E-state index in [4.69, 9.17) is 4.74 Å². The van der Waals surface area contributed by atoms with Gasteiger partial charge in [0, 0.05) is 48.7 Å². The maximum Gasteiger partial charge on any atom is 0.355 e. The number of piperazine rings is 1. The lowest BCUT2D eigenvalue weighted by atomic mass is 10.1. The number of aromatic nitrogens is 1. The number of carbonyl (C=O) groups excluding carboxylic acids is 2. The maximum atomic E-state index is 13.3. The zero-order chi connectivity index (χ0) is 22.1. The molecule has 1 aromatic heterocycles. The first-order chi connectivity index (χ1) is 14.2. The van der Waals surface area contributed by atoms with E-state index in [0.717, 1.165) is 5.69 Å². The SMILES string of the molecule is CCOC(=O)c1[nH]c(C)c(S(=O)(=O)N2CCN(c3ccc(C(C)=O)cc3)CC2)c1C. The molecule has 1 aliphatic heterocycles. The molecule has 0 radical (unpaired) electrons. The summed E-state index contributed by atoms with van der Waals surface area (Å²) in [5, 5.41) is 0. The van der Waals surface area contributed by atoms with Crippen molar-refractivity contribution in [3.8, 4) is 0 Å². The number of aryl methyl sites for hydroxylation is 1. The molecule has 1 aliphatic rings. The Balaban J connectivity index is 1.76. The van der Waals surface area contributed by atoms with Crippen molar-refractivity contribution in [2.24, 2.45) is 0 Å². The van der Waals surface area contributed by atoms with E-state index in [2.05, 4.69) is 9.88 Å². The number of benzene rings is 1. The molecule has 8 nitrogen and oxygen atoms in total. The molecule has 2 aromatic rings. The van der Waals surface area contributed by atoms with Gasteiger partial charge in [-0.25, -0.2) is 13.2 Å². The third kappa shape index (κ3) is 4.13. The molecule has 0 amide bonds. The Morgan fingerprint density at radius 3 is 2.20 bits per heavy atom. The summed E-state index contributed by atoms with van der Waals surface area (Å²) >= 11 is 0. The van der Waals surface area contributed by atoms with E-state index in [1.54, 1.807) is 32.9 Å². The molecule has 1 aromatic carbocycles. The van der Waals surface area contributed by atoms with Crippen LogP contribution in [0.4, 0.5) is 5.69 Å². The van der Waals surface area contributed by atoms with E-state index in [0.29, 0.717) is 43.0 Å². The fourth-order valence-corrected chi connectivity index (χ4v) is 5.58. The molecule has 0 saturated carbocycles. The second kappa shape index (κ2) is 8.61. The third-order valence-corrected chi connectivity index (χ3v) is 7.50. The van der Waals surface area contributed by atoms with Gasteiger partial charge in [-0.15, -0.1) is 0 Å². The van der Waals surface area contributed by atoms with Crippen LogP contribution in [0.5, 0.6) is 0 Å². The van der Waals surface area contributed by atoms with Crippen molar-refractivity contribution in [1.82, 2.24) is 9.29 Å². The number of rotatable bonds is 6. The standard InChI is InChI=1S/C21H27N3O5S/c1-5-29-21(26)19-14(2)20(15(3)22-19)30(27,28)24-12-10-23(11-13-24)18-8-6-17(7-9-18)16(4)25/h6-9,22H,5,10-13H2,1-4H3. The lowest BCUT2D eigenvalue weighted by molar-refractivity contribution is 0.0519. The van der Waals surface area contributed by atoms with E-state index in [-0.39, 0.29) is 23.0 Å². The first-order valence-corrected chi connectivity index (χ1v) is 11.3. The third-order valence-electron chi connectivity index (χ3n) is 5.32. The van der Waals surface area contributed by atoms with E-state index in [1.807, 2.05) is 12.1 Å². The molecule has 0 spiro atoms. The Labute approximate surface area is 176 Å². The van der Waals surface area contributed by atoms with Crippen LogP contribution in [0, 0.1) is 13.8 Å². The summed E-state index contributed by atoms with van der Waals surface area (Å²) in [7, 11) is -3.75. The number of nitrogens with one attached hydrogen (secondary N) is 1. The van der Waals surface area contributed by atoms with E-state index < -0.39 is 16.0 Å². The molecule has 0 unspecified atom stereocenters. The van der Waals surface area contributed by atoms with Crippen LogP contribution >= 0.6 is 0 Å². The van der Waals surface area contributed by atoms with Crippen molar-refractivity contribution in [1.29, 1.82) is 0 Å². The van der Waals surface area contributed by atoms with Gasteiger partial charge < -0.3 is 14.6 Å². The zero-order valence-electron chi connectivity index (χ0n) is 17.7. The van der Waals surface area contributed by atoms with Gasteiger partial charge in [0.25, 0.3) is 0 Å². The summed E-state index contributed by atoms with van der Waals surface area (Å²) < 4.78 is 33.0. The Morgan fingerprint density at radius 2 is 1.67 bits per heavy atom. The van der Waals surface area contributed by atoms with Crippen molar-refractivity contribution < 1.29 is 22.7 Å². The Hall–Kier alpha value is -2.65. The van der Waals surface area contributed by atoms with Gasteiger partial charge in [0.2, 0.25) is 10.0 Å². The summed E-state index contributed by atoms with van der Waals surface area (Å²) in [4.78, 5) is 28.7. The van der Waals surface area contributed by atoms with Crippen LogP contribution in [0.15, 0.2) is 29.2 Å². The van der Waals surface area contributed by atoms with Crippen LogP contribution in [0.3, 0.4) is 0 Å². The summed E-state index contributed by atoms with van der Waals surface area (Å²) in [5.74, 6) is -0.546. The molecule has 0 aliphatic carbocycles. The predicted octanol–water partition coefficient (Wildman–Crippen LogP) is 2.52. The minimum atomic E-state index is -3.75. The summed E-state index contributed by atoms with van der Waals surface area (Å²) in [6.45, 7) is 8.44. The fraction of sp³-hybridized carbons (Fsp3) is 0.429. The van der Waals surface area contributed by atoms with Crippen LogP contribution in [0.1, 0.15) is 46.0 Å². The first-order valence-electron chi connectivity index (χ1n) is 9.89. The molecule has 9 heteroatoms. The summed E-state index contributed by atoms with van der Waals surface area (Å²) in [6.07, 6.45) is 0. The molecule has 1 N–H and O–H groups in total. The molecule has 3 rings (SSSR count). The predicted molar refractivity (Wildman–Crippen MR) is 114 cm³/mol. The van der Waals surface area contributed by atoms with Crippen LogP contribution in [0.25, 0.3) is 0 Å². The number of hydrogen-bond acceptors (Lipinski definition) is 6. The second-order valence-corrected chi connectivity index (χ2v) is 9.17. The van der Waals surface area contributed by atoms with Gasteiger partial charge in [-0.1, -0.05) is 0 Å². The first kappa shape index (κ1) is 22.0. The van der Waals surface area contributed by atoms with Crippen molar-refractivity contribution in [2.45, 2.75) is 32.6 Å². The number of Topliss-reactive ketones (excluding diaryl/α,β-unsaturated/α-hetero) is 1. The van der Waals surface area contributed by atoms with E-state index in [9.17, 15) is 18.0 Å². The molecule has 0 atom stereocenters. The van der Waals surface area contributed by atoms with Crippen molar-refractivity contribution in [3.05, 3.63) is 46.8 Å². The summed E-state index contributed by atoms with van der Waals surface area (Å²) in [6, 6.07) is 7.33. The number of carbonyl (C=O) groups is 2. The van der Waals surface area contributed by atoms with E-state index >= 15 is 0 Å². The number of nitrogens with zero attached hydrogens (tertiary/aromatic N) is 2. The Morgan fingerprint density at radius 1 is 1.07 bits per heavy atom. The number of esters is 1. The topological polar surface area (TPSA) is 99.8 Å². The highest BCUT2D eigenvalue weighted by Crippen LogP contribution is 2.28. The van der Waals surface area contributed by atoms with Crippen LogP contribution in [-0.4, -0.2) is 62.2 Å². The number of hydrogen-bond donors (Lipinski definition) is 1. The van der Waals surface area contributed by atoms with Gasteiger partial charge >= 0.3 is 5.97 Å². The second-order valence-electron chi connectivity index (χ2n) is 7.29. The lowest BCUT2D eigenvalue weighted by Gasteiger charge is -2.35. The highest BCUT2D eigenvalue weighted by molar-refractivity contribution is 7.89. The van der Waals surface area contributed by atoms with Crippen LogP contribution in [-0.2, 0) is 14.8 Å². The molecule has 162 valence electrons. The molecular weight excluding hydrogens is 406 g/mol. The Kier molecular flexibility index (Phi) is 6.33. The maximum absolute atomic E-state index is 13.3. The largest absolute Gasteiger partial charge is 0.461 e. The summed E-state index contributed by atoms with van der Waals surface area (Å²) in [5.41, 5.74) is 2.59. The highest BCUT2D eigenvalue weighted by atomic mass is 32.2. The lowest BCUT2D eigenvalue weighted by Crippen LogP contribution is -2.48. The minimum Gasteiger partial charge on any atom is -0.461 e. The van der Waals surface area contributed by atoms with E-state index in [1.165, 1.54) is 11.2 Å². The van der Waals surface area contributed by atoms with Gasteiger partial charge in [-0.3, -0.25) is 4.79 Å². The van der Waals surface area contributed by atoms with Gasteiger partial charge in [-0.05, 0) is 52.0 Å². The molecule has 2 heterocycles. The average molecular weight is 434 g/mol. The van der Waals surface area contributed by atoms with Crippen molar-refractivity contribution in [3.63, 3.8) is 0 Å². The van der Waals surface area contributed by atoms with Crippen LogP contribution in [0.2, 0.25) is 0 Å². The number of anilines is 1. The molecular formula is C21H27N3O5S. The Bertz CT molecular complexity index is 1050. The zero-order valence-corrected chi connectivity index (χ0v) is 18.5. The number of sulfonamides is 1. The molecule has 1 saturated heterocycles. The van der Waals surface area contributed by atoms with Crippen LogP contribution < -0.4 is 4.90 Å². The fourth-order valence-electron chi connectivity index (χ4n) is 3.75.